The van der Waals surface area contributed by atoms with Gasteiger partial charge in [-0.15, -0.1) is 0 Å². The normalized spacial score (nSPS) is 14.1. The summed E-state index contributed by atoms with van der Waals surface area (Å²) in [7, 11) is 1.22. The average molecular weight is 725 g/mol. The highest BCUT2D eigenvalue weighted by molar-refractivity contribution is 5.87. The number of alkyl carbamates (subject to hydrolysis) is 1. The minimum atomic E-state index is -1.38. The standard InChI is InChI=1S/C40H48N6O7/c1-40(2,3)35(46-39(52)53-4)37(49)43-30(22-27-16-18-28(19-17-27)31-15-9-11-21-42-31)25-34(47)32(23-26-12-6-5-7-13-26)44-36(48)33(45-38(50)51)24-29-14-8-10-20-41-29/h5-21,30,32-35,45,47H,22-25H2,1-4H3,(H,43,49)(H,44,48)(H,46,52)(H,50,51)/t30-,32-,33-,34-,35+/m0/s1. The first-order valence-corrected chi connectivity index (χ1v) is 17.4. The fraction of sp³-hybridized carbons (Fsp3) is 0.350. The van der Waals surface area contributed by atoms with Crippen LogP contribution < -0.4 is 21.3 Å². The van der Waals surface area contributed by atoms with E-state index in [1.807, 2.05) is 93.6 Å². The van der Waals surface area contributed by atoms with Gasteiger partial charge in [-0.3, -0.25) is 19.6 Å². The number of carboxylic acid groups (broad SMARTS) is 1. The van der Waals surface area contributed by atoms with E-state index in [0.717, 1.165) is 22.4 Å². The van der Waals surface area contributed by atoms with Gasteiger partial charge in [0.2, 0.25) is 11.8 Å². The van der Waals surface area contributed by atoms with Crippen LogP contribution in [0.25, 0.3) is 11.3 Å². The Kier molecular flexibility index (Phi) is 14.4. The summed E-state index contributed by atoms with van der Waals surface area (Å²) in [6.07, 6.45) is 0.417. The number of ether oxygens (including phenoxy) is 1. The van der Waals surface area contributed by atoms with E-state index in [9.17, 15) is 29.4 Å². The lowest BCUT2D eigenvalue weighted by Gasteiger charge is -2.33. The SMILES string of the molecule is COC(=O)N[C@H](C(=O)N[C@@H](Cc1ccc(-c2ccccn2)cc1)C[C@H](O)[C@H](Cc1ccccc1)NC(=O)[C@H](Cc1ccccn1)NC(=O)O)C(C)(C)C. The van der Waals surface area contributed by atoms with Gasteiger partial charge in [-0.05, 0) is 60.1 Å². The Morgan fingerprint density at radius 1 is 0.717 bits per heavy atom. The molecule has 0 bridgehead atoms. The maximum Gasteiger partial charge on any atom is 0.407 e. The minimum absolute atomic E-state index is 0.00212. The lowest BCUT2D eigenvalue weighted by Crippen LogP contribution is -2.57. The molecule has 0 saturated heterocycles. The molecule has 4 amide bonds. The van der Waals surface area contributed by atoms with Gasteiger partial charge >= 0.3 is 12.2 Å². The third-order valence-electron chi connectivity index (χ3n) is 8.69. The van der Waals surface area contributed by atoms with Gasteiger partial charge in [0, 0.05) is 36.1 Å². The molecule has 13 heteroatoms. The van der Waals surface area contributed by atoms with E-state index < -0.39 is 59.7 Å². The molecule has 6 N–H and O–H groups in total. The Labute approximate surface area is 309 Å². The molecule has 0 saturated carbocycles. The summed E-state index contributed by atoms with van der Waals surface area (Å²) in [5, 5.41) is 32.3. The third-order valence-corrected chi connectivity index (χ3v) is 8.69. The number of aliphatic hydroxyl groups is 1. The summed E-state index contributed by atoms with van der Waals surface area (Å²) in [4.78, 5) is 60.2. The molecular weight excluding hydrogens is 676 g/mol. The zero-order chi connectivity index (χ0) is 38.4. The first kappa shape index (κ1) is 40.0. The third kappa shape index (κ3) is 12.7. The summed E-state index contributed by atoms with van der Waals surface area (Å²) in [6.45, 7) is 5.43. The fourth-order valence-electron chi connectivity index (χ4n) is 5.94. The summed E-state index contributed by atoms with van der Waals surface area (Å²) < 4.78 is 4.78. The van der Waals surface area contributed by atoms with Crippen molar-refractivity contribution in [2.75, 3.05) is 7.11 Å². The number of carbonyl (C=O) groups excluding carboxylic acids is 3. The Morgan fingerprint density at radius 2 is 1.36 bits per heavy atom. The Morgan fingerprint density at radius 3 is 1.94 bits per heavy atom. The van der Waals surface area contributed by atoms with E-state index in [2.05, 4.69) is 31.2 Å². The highest BCUT2D eigenvalue weighted by Gasteiger charge is 2.35. The van der Waals surface area contributed by atoms with Crippen molar-refractivity contribution in [3.8, 4) is 11.3 Å². The topological polar surface area (TPSA) is 192 Å². The summed E-state index contributed by atoms with van der Waals surface area (Å²) in [5.41, 5.74) is 3.21. The number of methoxy groups -OCH3 is 1. The van der Waals surface area contributed by atoms with Gasteiger partial charge in [0.25, 0.3) is 0 Å². The Balaban J connectivity index is 1.62. The second-order valence-electron chi connectivity index (χ2n) is 13.9. The second-order valence-corrected chi connectivity index (χ2v) is 13.9. The smallest absolute Gasteiger partial charge is 0.407 e. The minimum Gasteiger partial charge on any atom is -0.465 e. The molecule has 0 spiro atoms. The molecule has 0 radical (unpaired) electrons. The zero-order valence-corrected chi connectivity index (χ0v) is 30.4. The number of nitrogens with one attached hydrogen (secondary N) is 4. The van der Waals surface area contributed by atoms with Crippen LogP contribution in [-0.4, -0.2) is 81.6 Å². The van der Waals surface area contributed by atoms with E-state index in [4.69, 9.17) is 4.74 Å². The lowest BCUT2D eigenvalue weighted by molar-refractivity contribution is -0.127. The predicted octanol–water partition coefficient (Wildman–Crippen LogP) is 4.30. The van der Waals surface area contributed by atoms with Crippen LogP contribution in [0.3, 0.4) is 0 Å². The van der Waals surface area contributed by atoms with Gasteiger partial charge in [0.15, 0.2) is 0 Å². The molecule has 5 atom stereocenters. The molecule has 0 aliphatic heterocycles. The molecule has 4 rings (SSSR count). The van der Waals surface area contributed by atoms with Crippen LogP contribution in [0.5, 0.6) is 0 Å². The lowest BCUT2D eigenvalue weighted by atomic mass is 9.85. The average Bonchev–Trinajstić information content (AvgIpc) is 3.14. The van der Waals surface area contributed by atoms with E-state index in [-0.39, 0.29) is 19.3 Å². The number of hydrogen-bond acceptors (Lipinski definition) is 8. The monoisotopic (exact) mass is 724 g/mol. The number of amides is 4. The van der Waals surface area contributed by atoms with Crippen molar-refractivity contribution in [2.24, 2.45) is 5.41 Å². The summed E-state index contributed by atoms with van der Waals surface area (Å²) in [6, 6.07) is 24.0. The van der Waals surface area contributed by atoms with Crippen LogP contribution in [0.15, 0.2) is 103 Å². The molecule has 0 aliphatic rings. The van der Waals surface area contributed by atoms with Crippen LogP contribution in [0.2, 0.25) is 0 Å². The van der Waals surface area contributed by atoms with Gasteiger partial charge in [0.05, 0.1) is 24.9 Å². The maximum absolute atomic E-state index is 13.9. The van der Waals surface area contributed by atoms with E-state index in [1.165, 1.54) is 7.11 Å². The van der Waals surface area contributed by atoms with Crippen LogP contribution in [-0.2, 0) is 33.6 Å². The molecular formula is C40H48N6O7. The van der Waals surface area contributed by atoms with Crippen molar-refractivity contribution < 1.29 is 34.1 Å². The highest BCUT2D eigenvalue weighted by atomic mass is 16.5. The highest BCUT2D eigenvalue weighted by Crippen LogP contribution is 2.22. The largest absolute Gasteiger partial charge is 0.465 e. The van der Waals surface area contributed by atoms with E-state index >= 15 is 0 Å². The van der Waals surface area contributed by atoms with Gasteiger partial charge in [-0.1, -0.05) is 87.5 Å². The fourth-order valence-corrected chi connectivity index (χ4v) is 5.94. The molecule has 2 aromatic carbocycles. The van der Waals surface area contributed by atoms with Crippen LogP contribution in [0, 0.1) is 5.41 Å². The van der Waals surface area contributed by atoms with Gasteiger partial charge in [-0.25, -0.2) is 9.59 Å². The van der Waals surface area contributed by atoms with Crippen molar-refractivity contribution in [2.45, 2.75) is 76.7 Å². The molecule has 0 fully saturated rings. The first-order valence-electron chi connectivity index (χ1n) is 17.4. The molecule has 280 valence electrons. The molecule has 0 unspecified atom stereocenters. The van der Waals surface area contributed by atoms with Gasteiger partial charge in [0.1, 0.15) is 12.1 Å². The molecule has 2 heterocycles. The molecule has 0 aliphatic carbocycles. The number of pyridine rings is 2. The van der Waals surface area contributed by atoms with Crippen LogP contribution in [0.4, 0.5) is 9.59 Å². The maximum atomic E-state index is 13.9. The number of aromatic nitrogens is 2. The van der Waals surface area contributed by atoms with Crippen molar-refractivity contribution in [1.82, 2.24) is 31.2 Å². The number of rotatable bonds is 16. The van der Waals surface area contributed by atoms with Gasteiger partial charge in [-0.2, -0.15) is 0 Å². The molecule has 13 nitrogen and oxygen atoms in total. The quantitative estimate of drug-likeness (QED) is 0.0978. The zero-order valence-electron chi connectivity index (χ0n) is 30.4. The van der Waals surface area contributed by atoms with Crippen molar-refractivity contribution in [1.29, 1.82) is 0 Å². The number of benzene rings is 2. The van der Waals surface area contributed by atoms with Crippen molar-refractivity contribution in [3.63, 3.8) is 0 Å². The number of aliphatic hydroxyl groups excluding tert-OH is 1. The molecule has 53 heavy (non-hydrogen) atoms. The van der Waals surface area contributed by atoms with Crippen LogP contribution >= 0.6 is 0 Å². The molecule has 4 aromatic rings. The second kappa shape index (κ2) is 19.1. The summed E-state index contributed by atoms with van der Waals surface area (Å²) in [5.74, 6) is -1.12. The number of hydrogen-bond donors (Lipinski definition) is 6. The number of carbonyl (C=O) groups is 4. The first-order chi connectivity index (χ1) is 25.3. The van der Waals surface area contributed by atoms with Crippen LogP contribution in [0.1, 0.15) is 44.0 Å². The Hall–Kier alpha value is -5.82. The van der Waals surface area contributed by atoms with Gasteiger partial charge < -0.3 is 36.2 Å². The Bertz CT molecular complexity index is 1770. The van der Waals surface area contributed by atoms with E-state index in [1.54, 1.807) is 30.6 Å². The summed E-state index contributed by atoms with van der Waals surface area (Å²) >= 11 is 0. The number of nitrogens with zero attached hydrogens (tertiary/aromatic N) is 2. The predicted molar refractivity (Wildman–Crippen MR) is 200 cm³/mol. The van der Waals surface area contributed by atoms with Crippen molar-refractivity contribution in [3.05, 3.63) is 120 Å². The van der Waals surface area contributed by atoms with Crippen molar-refractivity contribution >= 4 is 24.0 Å². The molecule has 2 aromatic heterocycles. The van der Waals surface area contributed by atoms with E-state index in [0.29, 0.717) is 12.1 Å².